The Morgan fingerprint density at radius 2 is 1.91 bits per heavy atom. The normalized spacial score (nSPS) is 15.4. The van der Waals surface area contributed by atoms with Crippen molar-refractivity contribution in [1.82, 2.24) is 15.2 Å². The van der Waals surface area contributed by atoms with E-state index < -0.39 is 0 Å². The van der Waals surface area contributed by atoms with Crippen molar-refractivity contribution in [2.45, 2.75) is 23.6 Å². The zero-order valence-corrected chi connectivity index (χ0v) is 19.6. The highest BCUT2D eigenvalue weighted by Crippen LogP contribution is 2.25. The summed E-state index contributed by atoms with van der Waals surface area (Å²) >= 11 is 3.36. The second kappa shape index (κ2) is 11.0. The number of benzene rings is 2. The summed E-state index contributed by atoms with van der Waals surface area (Å²) in [5.74, 6) is 0.438. The molecule has 5 nitrogen and oxygen atoms in total. The summed E-state index contributed by atoms with van der Waals surface area (Å²) in [7, 11) is 0. The van der Waals surface area contributed by atoms with Crippen molar-refractivity contribution in [3.63, 3.8) is 0 Å². The van der Waals surface area contributed by atoms with Crippen LogP contribution in [0.25, 0.3) is 0 Å². The third-order valence-corrected chi connectivity index (χ3v) is 7.23. The summed E-state index contributed by atoms with van der Waals surface area (Å²) in [6.45, 7) is 5.33. The molecule has 1 atom stereocenters. The maximum absolute atomic E-state index is 13.4. The summed E-state index contributed by atoms with van der Waals surface area (Å²) in [6.07, 6.45) is 0. The number of aromatic nitrogens is 1. The van der Waals surface area contributed by atoms with E-state index >= 15 is 0 Å². The van der Waals surface area contributed by atoms with Crippen LogP contribution in [0.2, 0.25) is 0 Å². The number of nitrogens with one attached hydrogen (secondary N) is 1. The molecule has 32 heavy (non-hydrogen) atoms. The van der Waals surface area contributed by atoms with Crippen molar-refractivity contribution in [2.75, 3.05) is 32.8 Å². The number of rotatable bonds is 8. The number of ether oxygens (including phenoxy) is 1. The van der Waals surface area contributed by atoms with Crippen LogP contribution in [0.5, 0.6) is 0 Å². The Kier molecular flexibility index (Phi) is 7.91. The minimum atomic E-state index is -0.263. The van der Waals surface area contributed by atoms with Crippen LogP contribution in [-0.2, 0) is 10.5 Å². The fourth-order valence-electron chi connectivity index (χ4n) is 3.66. The van der Waals surface area contributed by atoms with Crippen LogP contribution in [0, 0.1) is 12.7 Å². The van der Waals surface area contributed by atoms with Crippen molar-refractivity contribution >= 4 is 29.0 Å². The minimum absolute atomic E-state index is 0.0279. The Hall–Kier alpha value is -2.26. The molecule has 1 aliphatic heterocycles. The van der Waals surface area contributed by atoms with Crippen molar-refractivity contribution in [1.29, 1.82) is 0 Å². The van der Waals surface area contributed by atoms with Crippen LogP contribution in [0.1, 0.15) is 32.7 Å². The number of thiazole rings is 1. The Morgan fingerprint density at radius 1 is 1.19 bits per heavy atom. The van der Waals surface area contributed by atoms with Gasteiger partial charge in [-0.05, 0) is 48.9 Å². The van der Waals surface area contributed by atoms with Gasteiger partial charge in [0.15, 0.2) is 0 Å². The Bertz CT molecular complexity index is 1020. The van der Waals surface area contributed by atoms with Crippen LogP contribution < -0.4 is 5.32 Å². The van der Waals surface area contributed by atoms with Crippen LogP contribution in [0.4, 0.5) is 4.39 Å². The number of carbonyl (C=O) groups excluding carboxylic acids is 1. The summed E-state index contributed by atoms with van der Waals surface area (Å²) in [4.78, 5) is 20.6. The molecule has 1 N–H and O–H groups in total. The molecule has 168 valence electrons. The average molecular weight is 472 g/mol. The Balaban J connectivity index is 1.36. The predicted octanol–water partition coefficient (Wildman–Crippen LogP) is 4.69. The second-order valence-electron chi connectivity index (χ2n) is 7.60. The number of thioether (sulfide) groups is 1. The number of aryl methyl sites for hydroxylation is 1. The number of nitrogens with zero attached hydrogens (tertiary/aromatic N) is 2. The van der Waals surface area contributed by atoms with E-state index in [1.165, 1.54) is 12.1 Å². The molecule has 2 heterocycles. The van der Waals surface area contributed by atoms with Gasteiger partial charge >= 0.3 is 0 Å². The Labute approximate surface area is 196 Å². The van der Waals surface area contributed by atoms with Gasteiger partial charge in [-0.3, -0.25) is 9.69 Å². The molecule has 0 saturated carbocycles. The topological polar surface area (TPSA) is 54.5 Å². The number of hydrogen-bond donors (Lipinski definition) is 1. The summed E-state index contributed by atoms with van der Waals surface area (Å²) < 4.78 is 18.9. The zero-order chi connectivity index (χ0) is 22.3. The van der Waals surface area contributed by atoms with E-state index in [0.29, 0.717) is 25.3 Å². The van der Waals surface area contributed by atoms with Gasteiger partial charge in [0.1, 0.15) is 5.82 Å². The molecule has 1 fully saturated rings. The lowest BCUT2D eigenvalue weighted by Gasteiger charge is -2.35. The first-order valence-electron chi connectivity index (χ1n) is 10.6. The lowest BCUT2D eigenvalue weighted by Crippen LogP contribution is -2.43. The first-order valence-corrected chi connectivity index (χ1v) is 12.4. The molecule has 1 unspecified atom stereocenters. The fraction of sp³-hybridized carbons (Fsp3) is 0.333. The third kappa shape index (κ3) is 6.16. The van der Waals surface area contributed by atoms with Gasteiger partial charge in [-0.25, -0.2) is 9.37 Å². The molecule has 1 amide bonds. The summed E-state index contributed by atoms with van der Waals surface area (Å²) in [5.41, 5.74) is 2.69. The average Bonchev–Trinajstić information content (AvgIpc) is 3.25. The van der Waals surface area contributed by atoms with Crippen molar-refractivity contribution < 1.29 is 13.9 Å². The molecule has 2 aromatic carbocycles. The van der Waals surface area contributed by atoms with Gasteiger partial charge in [-0.15, -0.1) is 23.1 Å². The molecule has 8 heteroatoms. The molecule has 1 aliphatic rings. The summed E-state index contributed by atoms with van der Waals surface area (Å²) in [5, 5.41) is 6.21. The van der Waals surface area contributed by atoms with Gasteiger partial charge in [-0.1, -0.05) is 12.1 Å². The second-order valence-corrected chi connectivity index (χ2v) is 9.71. The maximum Gasteiger partial charge on any atom is 0.251 e. The fourth-order valence-corrected chi connectivity index (χ4v) is 5.17. The van der Waals surface area contributed by atoms with Crippen LogP contribution >= 0.6 is 23.1 Å². The number of halogens is 1. The van der Waals surface area contributed by atoms with E-state index in [2.05, 4.69) is 20.6 Å². The number of carbonyl (C=O) groups is 1. The molecule has 0 radical (unpaired) electrons. The number of hydrogen-bond acceptors (Lipinski definition) is 6. The standard InChI is InChI=1S/C24H26FN3O2S2/c1-17-27-21(15-31-17)16-32-22-8-4-19(5-9-22)24(29)26-14-23(28-10-12-30-13-11-28)18-2-6-20(25)7-3-18/h2-9,15,23H,10-14,16H2,1H3,(H,26,29). The molecule has 0 bridgehead atoms. The molecular weight excluding hydrogens is 445 g/mol. The smallest absolute Gasteiger partial charge is 0.251 e. The first kappa shape index (κ1) is 22.9. The van der Waals surface area contributed by atoms with E-state index in [0.717, 1.165) is 40.0 Å². The molecular formula is C24H26FN3O2S2. The molecule has 1 aromatic heterocycles. The van der Waals surface area contributed by atoms with Gasteiger partial charge < -0.3 is 10.1 Å². The van der Waals surface area contributed by atoms with E-state index in [-0.39, 0.29) is 17.8 Å². The quantitative estimate of drug-likeness (QED) is 0.483. The van der Waals surface area contributed by atoms with Gasteiger partial charge in [0.2, 0.25) is 0 Å². The zero-order valence-electron chi connectivity index (χ0n) is 17.9. The van der Waals surface area contributed by atoms with Gasteiger partial charge in [-0.2, -0.15) is 0 Å². The monoisotopic (exact) mass is 471 g/mol. The van der Waals surface area contributed by atoms with Crippen LogP contribution in [0.15, 0.2) is 58.8 Å². The predicted molar refractivity (Wildman–Crippen MR) is 127 cm³/mol. The van der Waals surface area contributed by atoms with Gasteiger partial charge in [0, 0.05) is 41.2 Å². The minimum Gasteiger partial charge on any atom is -0.379 e. The highest BCUT2D eigenvalue weighted by Gasteiger charge is 2.23. The Morgan fingerprint density at radius 3 is 2.56 bits per heavy atom. The van der Waals surface area contributed by atoms with Crippen molar-refractivity contribution in [2.24, 2.45) is 0 Å². The van der Waals surface area contributed by atoms with Crippen LogP contribution in [-0.4, -0.2) is 48.6 Å². The van der Waals surface area contributed by atoms with E-state index in [1.807, 2.05) is 31.2 Å². The van der Waals surface area contributed by atoms with E-state index in [4.69, 9.17) is 4.74 Å². The molecule has 4 rings (SSSR count). The van der Waals surface area contributed by atoms with Crippen molar-refractivity contribution in [3.05, 3.63) is 81.6 Å². The lowest BCUT2D eigenvalue weighted by molar-refractivity contribution is 0.0162. The summed E-state index contributed by atoms with van der Waals surface area (Å²) in [6, 6.07) is 14.1. The highest BCUT2D eigenvalue weighted by atomic mass is 32.2. The van der Waals surface area contributed by atoms with Crippen molar-refractivity contribution in [3.8, 4) is 0 Å². The SMILES string of the molecule is Cc1nc(CSc2ccc(C(=O)NCC(c3ccc(F)cc3)N3CCOCC3)cc2)cs1. The van der Waals surface area contributed by atoms with E-state index in [9.17, 15) is 9.18 Å². The molecule has 3 aromatic rings. The molecule has 0 spiro atoms. The van der Waals surface area contributed by atoms with Gasteiger partial charge in [0.25, 0.3) is 5.91 Å². The number of morpholine rings is 1. The largest absolute Gasteiger partial charge is 0.379 e. The maximum atomic E-state index is 13.4. The lowest BCUT2D eigenvalue weighted by atomic mass is 10.0. The molecule has 0 aliphatic carbocycles. The number of amides is 1. The van der Waals surface area contributed by atoms with E-state index in [1.54, 1.807) is 35.2 Å². The first-order chi connectivity index (χ1) is 15.6. The van der Waals surface area contributed by atoms with Crippen LogP contribution in [0.3, 0.4) is 0 Å². The highest BCUT2D eigenvalue weighted by molar-refractivity contribution is 7.98. The molecule has 1 saturated heterocycles. The third-order valence-electron chi connectivity index (χ3n) is 5.37. The van der Waals surface area contributed by atoms with Gasteiger partial charge in [0.05, 0.1) is 30.0 Å².